The summed E-state index contributed by atoms with van der Waals surface area (Å²) in [5, 5.41) is 4.16. The maximum Gasteiger partial charge on any atom is 0.220 e. The summed E-state index contributed by atoms with van der Waals surface area (Å²) in [4.78, 5) is 11.6. The summed E-state index contributed by atoms with van der Waals surface area (Å²) in [5.41, 5.74) is 0.954. The molecule has 2 nitrogen and oxygen atoms in total. The fourth-order valence-corrected chi connectivity index (χ4v) is 1.92. The van der Waals surface area contributed by atoms with E-state index in [1.165, 1.54) is 0 Å². The third-order valence-electron chi connectivity index (χ3n) is 2.66. The van der Waals surface area contributed by atoms with Gasteiger partial charge in [-0.3, -0.25) is 4.79 Å². The predicted octanol–water partition coefficient (Wildman–Crippen LogP) is 3.84. The highest BCUT2D eigenvalue weighted by atomic mass is 35.5. The van der Waals surface area contributed by atoms with E-state index in [9.17, 15) is 4.79 Å². The van der Waals surface area contributed by atoms with Gasteiger partial charge in [-0.25, -0.2) is 0 Å². The molecule has 0 heterocycles. The van der Waals surface area contributed by atoms with Crippen molar-refractivity contribution < 1.29 is 4.79 Å². The van der Waals surface area contributed by atoms with Crippen LogP contribution in [0.5, 0.6) is 0 Å². The van der Waals surface area contributed by atoms with Gasteiger partial charge in [-0.05, 0) is 37.5 Å². The molecule has 1 rings (SSSR count). The zero-order chi connectivity index (χ0) is 12.8. The first-order valence-corrected chi connectivity index (χ1v) is 6.51. The van der Waals surface area contributed by atoms with Crippen LogP contribution in [-0.2, 0) is 11.2 Å². The molecule has 1 atom stereocenters. The average Bonchev–Trinajstić information content (AvgIpc) is 2.27. The Morgan fingerprint density at radius 1 is 1.41 bits per heavy atom. The van der Waals surface area contributed by atoms with Crippen molar-refractivity contribution in [2.45, 2.75) is 39.2 Å². The minimum Gasteiger partial charge on any atom is -0.354 e. The molecule has 0 saturated heterocycles. The topological polar surface area (TPSA) is 29.1 Å². The van der Waals surface area contributed by atoms with Crippen LogP contribution in [0.3, 0.4) is 0 Å². The van der Waals surface area contributed by atoms with Crippen molar-refractivity contribution in [1.82, 2.24) is 5.32 Å². The van der Waals surface area contributed by atoms with Gasteiger partial charge in [0.05, 0.1) is 0 Å². The Balaban J connectivity index is 2.47. The Morgan fingerprint density at radius 3 is 2.71 bits per heavy atom. The molecule has 0 aliphatic rings. The van der Waals surface area contributed by atoms with Gasteiger partial charge in [0.15, 0.2) is 0 Å². The highest BCUT2D eigenvalue weighted by Gasteiger charge is 2.07. The van der Waals surface area contributed by atoms with Crippen molar-refractivity contribution in [3.63, 3.8) is 0 Å². The standard InChI is InChI=1S/C13H17Cl2NO/c1-3-9(2)16-13(17)7-5-10-4-6-11(14)8-12(10)15/h4,6,8-9H,3,5,7H2,1-2H3,(H,16,17)/t9-/m1/s1. The Morgan fingerprint density at radius 2 is 2.12 bits per heavy atom. The van der Waals surface area contributed by atoms with Crippen LogP contribution in [0.2, 0.25) is 10.0 Å². The normalized spacial score (nSPS) is 12.2. The number of halogens is 2. The van der Waals surface area contributed by atoms with E-state index >= 15 is 0 Å². The molecule has 0 aromatic heterocycles. The lowest BCUT2D eigenvalue weighted by Gasteiger charge is -2.11. The van der Waals surface area contributed by atoms with Gasteiger partial charge in [0, 0.05) is 22.5 Å². The molecular formula is C13H17Cl2NO. The third kappa shape index (κ3) is 4.97. The Labute approximate surface area is 112 Å². The van der Waals surface area contributed by atoms with Crippen molar-refractivity contribution in [2.75, 3.05) is 0 Å². The molecule has 0 aliphatic carbocycles. The van der Waals surface area contributed by atoms with Crippen LogP contribution >= 0.6 is 23.2 Å². The van der Waals surface area contributed by atoms with Gasteiger partial charge in [-0.1, -0.05) is 36.2 Å². The van der Waals surface area contributed by atoms with Crippen LogP contribution in [0.4, 0.5) is 0 Å². The molecule has 0 saturated carbocycles. The molecule has 0 aliphatic heterocycles. The smallest absolute Gasteiger partial charge is 0.220 e. The van der Waals surface area contributed by atoms with Gasteiger partial charge >= 0.3 is 0 Å². The minimum absolute atomic E-state index is 0.0605. The van der Waals surface area contributed by atoms with E-state index in [-0.39, 0.29) is 11.9 Å². The van der Waals surface area contributed by atoms with Crippen molar-refractivity contribution in [1.29, 1.82) is 0 Å². The molecule has 0 spiro atoms. The van der Waals surface area contributed by atoms with E-state index in [0.717, 1.165) is 12.0 Å². The zero-order valence-electron chi connectivity index (χ0n) is 10.1. The Bertz CT molecular complexity index is 393. The van der Waals surface area contributed by atoms with Crippen LogP contribution in [0, 0.1) is 0 Å². The summed E-state index contributed by atoms with van der Waals surface area (Å²) in [5.74, 6) is 0.0605. The largest absolute Gasteiger partial charge is 0.354 e. The maximum atomic E-state index is 11.6. The average molecular weight is 274 g/mol. The summed E-state index contributed by atoms with van der Waals surface area (Å²) < 4.78 is 0. The van der Waals surface area contributed by atoms with Crippen molar-refractivity contribution in [2.24, 2.45) is 0 Å². The number of amides is 1. The number of rotatable bonds is 5. The molecule has 0 fully saturated rings. The van der Waals surface area contributed by atoms with E-state index in [1.807, 2.05) is 19.9 Å². The number of carbonyl (C=O) groups excluding carboxylic acids is 1. The molecule has 1 N–H and O–H groups in total. The van der Waals surface area contributed by atoms with E-state index in [1.54, 1.807) is 12.1 Å². The van der Waals surface area contributed by atoms with Crippen LogP contribution < -0.4 is 5.32 Å². The maximum absolute atomic E-state index is 11.6. The lowest BCUT2D eigenvalue weighted by atomic mass is 10.1. The summed E-state index contributed by atoms with van der Waals surface area (Å²) in [6.45, 7) is 4.04. The monoisotopic (exact) mass is 273 g/mol. The Hall–Kier alpha value is -0.730. The second-order valence-electron chi connectivity index (χ2n) is 4.11. The molecule has 1 aromatic rings. The van der Waals surface area contributed by atoms with Gasteiger partial charge in [0.1, 0.15) is 0 Å². The summed E-state index contributed by atoms with van der Waals surface area (Å²) in [6, 6.07) is 5.57. The lowest BCUT2D eigenvalue weighted by molar-refractivity contribution is -0.121. The second-order valence-corrected chi connectivity index (χ2v) is 4.96. The molecular weight excluding hydrogens is 257 g/mol. The molecule has 0 bridgehead atoms. The van der Waals surface area contributed by atoms with Crippen molar-refractivity contribution >= 4 is 29.1 Å². The van der Waals surface area contributed by atoms with Gasteiger partial charge in [-0.15, -0.1) is 0 Å². The first-order chi connectivity index (χ1) is 8.02. The van der Waals surface area contributed by atoms with E-state index in [4.69, 9.17) is 23.2 Å². The van der Waals surface area contributed by atoms with Gasteiger partial charge in [-0.2, -0.15) is 0 Å². The Kier molecular flexibility index (Phi) is 5.79. The van der Waals surface area contributed by atoms with Crippen LogP contribution in [-0.4, -0.2) is 11.9 Å². The third-order valence-corrected chi connectivity index (χ3v) is 3.24. The first-order valence-electron chi connectivity index (χ1n) is 5.76. The number of nitrogens with one attached hydrogen (secondary N) is 1. The fraction of sp³-hybridized carbons (Fsp3) is 0.462. The number of carbonyl (C=O) groups is 1. The molecule has 0 radical (unpaired) electrons. The summed E-state index contributed by atoms with van der Waals surface area (Å²) in [7, 11) is 0. The molecule has 1 amide bonds. The number of benzene rings is 1. The number of hydrogen-bond acceptors (Lipinski definition) is 1. The molecule has 0 unspecified atom stereocenters. The molecule has 94 valence electrons. The summed E-state index contributed by atoms with van der Waals surface area (Å²) >= 11 is 11.8. The van der Waals surface area contributed by atoms with E-state index in [2.05, 4.69) is 5.32 Å². The van der Waals surface area contributed by atoms with E-state index in [0.29, 0.717) is 22.9 Å². The first kappa shape index (κ1) is 14.3. The number of hydrogen-bond donors (Lipinski definition) is 1. The number of aryl methyl sites for hydroxylation is 1. The van der Waals surface area contributed by atoms with Crippen molar-refractivity contribution in [3.8, 4) is 0 Å². The van der Waals surface area contributed by atoms with Gasteiger partial charge in [0.2, 0.25) is 5.91 Å². The fourth-order valence-electron chi connectivity index (χ4n) is 1.42. The van der Waals surface area contributed by atoms with Crippen LogP contribution in [0.15, 0.2) is 18.2 Å². The highest BCUT2D eigenvalue weighted by molar-refractivity contribution is 6.35. The minimum atomic E-state index is 0.0605. The van der Waals surface area contributed by atoms with Gasteiger partial charge < -0.3 is 5.32 Å². The molecule has 17 heavy (non-hydrogen) atoms. The van der Waals surface area contributed by atoms with E-state index < -0.39 is 0 Å². The molecule has 4 heteroatoms. The zero-order valence-corrected chi connectivity index (χ0v) is 11.6. The van der Waals surface area contributed by atoms with Crippen LogP contribution in [0.25, 0.3) is 0 Å². The van der Waals surface area contributed by atoms with Crippen LogP contribution in [0.1, 0.15) is 32.3 Å². The lowest BCUT2D eigenvalue weighted by Crippen LogP contribution is -2.32. The van der Waals surface area contributed by atoms with Gasteiger partial charge in [0.25, 0.3) is 0 Å². The SMILES string of the molecule is CC[C@@H](C)NC(=O)CCc1ccc(Cl)cc1Cl. The van der Waals surface area contributed by atoms with Crippen molar-refractivity contribution in [3.05, 3.63) is 33.8 Å². The molecule has 1 aromatic carbocycles. The summed E-state index contributed by atoms with van der Waals surface area (Å²) in [6.07, 6.45) is 2.03. The second kappa shape index (κ2) is 6.87. The highest BCUT2D eigenvalue weighted by Crippen LogP contribution is 2.21. The predicted molar refractivity (Wildman–Crippen MR) is 72.7 cm³/mol. The quantitative estimate of drug-likeness (QED) is 0.868.